The normalized spacial score (nSPS) is 12.8. The summed E-state index contributed by atoms with van der Waals surface area (Å²) in [5.74, 6) is -1.29. The van der Waals surface area contributed by atoms with Gasteiger partial charge in [0.25, 0.3) is 5.91 Å². The predicted molar refractivity (Wildman–Crippen MR) is 100 cm³/mol. The zero-order chi connectivity index (χ0) is 19.8. The van der Waals surface area contributed by atoms with Crippen LogP contribution in [0.25, 0.3) is 11.3 Å². The number of hydrogen-bond donors (Lipinski definition) is 1. The molecule has 0 saturated heterocycles. The number of aromatic carboxylic acids is 1. The van der Waals surface area contributed by atoms with Gasteiger partial charge in [0, 0.05) is 28.6 Å². The van der Waals surface area contributed by atoms with Gasteiger partial charge in [-0.3, -0.25) is 9.78 Å². The number of carbonyl (C=O) groups excluding carboxylic acids is 1. The van der Waals surface area contributed by atoms with Crippen LogP contribution in [0, 0.1) is 5.82 Å². The number of fused-ring (bicyclic) bond motifs is 1. The fraction of sp³-hybridized carbons (Fsp3) is 0.0952. The van der Waals surface area contributed by atoms with Crippen LogP contribution in [0.2, 0.25) is 0 Å². The summed E-state index contributed by atoms with van der Waals surface area (Å²) in [6.07, 6.45) is 1.53. The molecule has 6 nitrogen and oxygen atoms in total. The average molecular weight is 378 g/mol. The van der Waals surface area contributed by atoms with Crippen LogP contribution in [0.4, 0.5) is 10.1 Å². The van der Waals surface area contributed by atoms with Crippen LogP contribution in [-0.4, -0.2) is 29.1 Å². The molecule has 4 rings (SSSR count). The molecule has 28 heavy (non-hydrogen) atoms. The molecule has 0 fully saturated rings. The molecular formula is C21H15FN2O4. The van der Waals surface area contributed by atoms with Crippen molar-refractivity contribution in [2.75, 3.05) is 12.0 Å². The van der Waals surface area contributed by atoms with E-state index < -0.39 is 5.97 Å². The third-order valence-corrected chi connectivity index (χ3v) is 4.69. The van der Waals surface area contributed by atoms with Gasteiger partial charge in [-0.15, -0.1) is 0 Å². The lowest BCUT2D eigenvalue weighted by atomic mass is 10.0. The Balaban J connectivity index is 1.79. The van der Waals surface area contributed by atoms with Crippen LogP contribution < -0.4 is 9.64 Å². The van der Waals surface area contributed by atoms with E-state index in [1.54, 1.807) is 29.2 Å². The first-order chi connectivity index (χ1) is 13.5. The molecule has 0 aliphatic carbocycles. The number of anilines is 1. The van der Waals surface area contributed by atoms with Crippen LogP contribution in [0.1, 0.15) is 26.3 Å². The number of pyridine rings is 1. The van der Waals surface area contributed by atoms with Crippen molar-refractivity contribution in [2.24, 2.45) is 0 Å². The Kier molecular flexibility index (Phi) is 4.27. The van der Waals surface area contributed by atoms with Gasteiger partial charge in [0.15, 0.2) is 0 Å². The van der Waals surface area contributed by atoms with Gasteiger partial charge in [-0.1, -0.05) is 0 Å². The number of benzene rings is 2. The summed E-state index contributed by atoms with van der Waals surface area (Å²) >= 11 is 0. The zero-order valence-corrected chi connectivity index (χ0v) is 14.8. The third-order valence-electron chi connectivity index (χ3n) is 4.69. The number of carboxylic acids is 1. The zero-order valence-electron chi connectivity index (χ0n) is 14.8. The topological polar surface area (TPSA) is 79.7 Å². The first-order valence-electron chi connectivity index (χ1n) is 8.46. The van der Waals surface area contributed by atoms with E-state index in [2.05, 4.69) is 4.98 Å². The van der Waals surface area contributed by atoms with E-state index in [1.807, 2.05) is 0 Å². The molecule has 2 aromatic carbocycles. The van der Waals surface area contributed by atoms with Crippen molar-refractivity contribution < 1.29 is 23.8 Å². The van der Waals surface area contributed by atoms with Gasteiger partial charge in [-0.25, -0.2) is 9.18 Å². The molecule has 1 aromatic heterocycles. The summed E-state index contributed by atoms with van der Waals surface area (Å²) in [7, 11) is 1.45. The van der Waals surface area contributed by atoms with Gasteiger partial charge in [-0.05, 0) is 48.5 Å². The van der Waals surface area contributed by atoms with Crippen molar-refractivity contribution in [3.8, 4) is 17.0 Å². The van der Waals surface area contributed by atoms with Gasteiger partial charge in [0.2, 0.25) is 0 Å². The molecule has 1 amide bonds. The Labute approximate surface area is 159 Å². The van der Waals surface area contributed by atoms with E-state index in [-0.39, 0.29) is 23.8 Å². The highest BCUT2D eigenvalue weighted by molar-refractivity contribution is 6.11. The van der Waals surface area contributed by atoms with Crippen LogP contribution in [0.3, 0.4) is 0 Å². The molecule has 0 unspecified atom stereocenters. The summed E-state index contributed by atoms with van der Waals surface area (Å²) in [5, 5.41) is 9.19. The molecule has 140 valence electrons. The minimum Gasteiger partial charge on any atom is -0.496 e. The average Bonchev–Trinajstić information content (AvgIpc) is 3.05. The van der Waals surface area contributed by atoms with E-state index in [1.165, 1.54) is 37.6 Å². The van der Waals surface area contributed by atoms with E-state index >= 15 is 0 Å². The number of rotatable bonds is 4. The highest BCUT2D eigenvalue weighted by atomic mass is 19.1. The number of aromatic nitrogens is 1. The van der Waals surface area contributed by atoms with Crippen molar-refractivity contribution in [3.05, 3.63) is 77.2 Å². The highest BCUT2D eigenvalue weighted by Gasteiger charge is 2.32. The molecule has 0 radical (unpaired) electrons. The van der Waals surface area contributed by atoms with Crippen LogP contribution in [-0.2, 0) is 6.54 Å². The van der Waals surface area contributed by atoms with Crippen molar-refractivity contribution in [3.63, 3.8) is 0 Å². The lowest BCUT2D eigenvalue weighted by Gasteiger charge is -2.16. The molecule has 0 bridgehead atoms. The number of carbonyl (C=O) groups is 2. The monoisotopic (exact) mass is 378 g/mol. The van der Waals surface area contributed by atoms with Gasteiger partial charge < -0.3 is 14.7 Å². The van der Waals surface area contributed by atoms with Gasteiger partial charge in [0.1, 0.15) is 11.6 Å². The maximum absolute atomic E-state index is 13.2. The van der Waals surface area contributed by atoms with Gasteiger partial charge in [-0.2, -0.15) is 0 Å². The smallest absolute Gasteiger partial charge is 0.335 e. The Morgan fingerprint density at radius 3 is 2.57 bits per heavy atom. The van der Waals surface area contributed by atoms with Crippen LogP contribution in [0.5, 0.6) is 5.75 Å². The minimum atomic E-state index is -1.06. The summed E-state index contributed by atoms with van der Waals surface area (Å²) in [5.41, 5.74) is 3.03. The maximum atomic E-state index is 13.2. The Hall–Kier alpha value is -3.74. The van der Waals surface area contributed by atoms with E-state index in [4.69, 9.17) is 4.74 Å². The highest BCUT2D eigenvalue weighted by Crippen LogP contribution is 2.37. The first-order valence-corrected chi connectivity index (χ1v) is 8.46. The fourth-order valence-electron chi connectivity index (χ4n) is 3.31. The summed E-state index contributed by atoms with van der Waals surface area (Å²) < 4.78 is 18.6. The first kappa shape index (κ1) is 17.7. The predicted octanol–water partition coefficient (Wildman–Crippen LogP) is 3.75. The van der Waals surface area contributed by atoms with Crippen molar-refractivity contribution >= 4 is 17.6 Å². The number of halogens is 1. The third kappa shape index (κ3) is 2.87. The molecule has 0 spiro atoms. The molecular weight excluding hydrogens is 363 g/mol. The minimum absolute atomic E-state index is 0.0946. The quantitative estimate of drug-likeness (QED) is 0.748. The second-order valence-corrected chi connectivity index (χ2v) is 6.27. The van der Waals surface area contributed by atoms with Crippen molar-refractivity contribution in [2.45, 2.75) is 6.54 Å². The summed E-state index contributed by atoms with van der Waals surface area (Å²) in [6.45, 7) is 0.271. The molecule has 7 heteroatoms. The lowest BCUT2D eigenvalue weighted by Crippen LogP contribution is -2.22. The summed E-state index contributed by atoms with van der Waals surface area (Å²) in [6, 6.07) is 11.9. The lowest BCUT2D eigenvalue weighted by molar-refractivity contribution is 0.0696. The molecule has 1 aliphatic heterocycles. The summed E-state index contributed by atoms with van der Waals surface area (Å²) in [4.78, 5) is 30.0. The number of hydrogen-bond acceptors (Lipinski definition) is 4. The number of methoxy groups -OCH3 is 1. The van der Waals surface area contributed by atoms with Crippen molar-refractivity contribution in [1.82, 2.24) is 4.98 Å². The molecule has 3 aromatic rings. The molecule has 1 aliphatic rings. The molecule has 0 saturated carbocycles. The van der Waals surface area contributed by atoms with E-state index in [9.17, 15) is 19.1 Å². The molecule has 0 atom stereocenters. The van der Waals surface area contributed by atoms with E-state index in [0.29, 0.717) is 33.8 Å². The number of nitrogens with zero attached hydrogens (tertiary/aromatic N) is 2. The van der Waals surface area contributed by atoms with E-state index in [0.717, 1.165) is 0 Å². The molecule has 1 N–H and O–H groups in total. The Bertz CT molecular complexity index is 1100. The van der Waals surface area contributed by atoms with Crippen molar-refractivity contribution in [1.29, 1.82) is 0 Å². The number of amides is 1. The largest absolute Gasteiger partial charge is 0.496 e. The SMILES string of the molecule is COc1cc(C(=O)O)ccc1-c1nccc2c1CN(c1ccc(F)cc1)C2=O. The Morgan fingerprint density at radius 1 is 1.14 bits per heavy atom. The number of carboxylic acid groups (broad SMARTS) is 1. The van der Waals surface area contributed by atoms with Gasteiger partial charge >= 0.3 is 5.97 Å². The second kappa shape index (κ2) is 6.77. The second-order valence-electron chi connectivity index (χ2n) is 6.27. The Morgan fingerprint density at radius 2 is 1.89 bits per heavy atom. The molecule has 2 heterocycles. The fourth-order valence-corrected chi connectivity index (χ4v) is 3.31. The maximum Gasteiger partial charge on any atom is 0.335 e. The number of ether oxygens (including phenoxy) is 1. The standard InChI is InChI=1S/C21H15FN2O4/c1-28-18-10-12(21(26)27)2-7-16(18)19-17-11-24(14-5-3-13(22)4-6-14)20(25)15(17)8-9-23-19/h2-10H,11H2,1H3,(H,26,27). The van der Waals surface area contributed by atoms with Gasteiger partial charge in [0.05, 0.1) is 24.9 Å². The van der Waals surface area contributed by atoms with Crippen LogP contribution in [0.15, 0.2) is 54.7 Å². The van der Waals surface area contributed by atoms with Crippen LogP contribution >= 0.6 is 0 Å².